The van der Waals surface area contributed by atoms with Crippen LogP contribution in [0, 0.1) is 11.3 Å². The van der Waals surface area contributed by atoms with Crippen LogP contribution in [0.4, 0.5) is 0 Å². The number of hydrogen-bond acceptors (Lipinski definition) is 3. The lowest BCUT2D eigenvalue weighted by Gasteiger charge is -2.35. The first-order valence-electron chi connectivity index (χ1n) is 10.6. The zero-order valence-corrected chi connectivity index (χ0v) is 18.3. The molecular formula is C23H37N3O2. The Morgan fingerprint density at radius 3 is 2.07 bits per heavy atom. The van der Waals surface area contributed by atoms with Gasteiger partial charge in [0.1, 0.15) is 0 Å². The van der Waals surface area contributed by atoms with Crippen molar-refractivity contribution in [1.82, 2.24) is 15.1 Å². The van der Waals surface area contributed by atoms with Crippen LogP contribution in [0.1, 0.15) is 58.6 Å². The first-order valence-corrected chi connectivity index (χ1v) is 10.6. The summed E-state index contributed by atoms with van der Waals surface area (Å²) in [5, 5.41) is 3.07. The molecule has 28 heavy (non-hydrogen) atoms. The molecule has 0 aliphatic carbocycles. The minimum Gasteiger partial charge on any atom is -0.352 e. The monoisotopic (exact) mass is 387 g/mol. The smallest absolute Gasteiger partial charge is 0.227 e. The van der Waals surface area contributed by atoms with Gasteiger partial charge in [0.2, 0.25) is 11.8 Å². The van der Waals surface area contributed by atoms with Crippen LogP contribution in [-0.4, -0.2) is 47.8 Å². The van der Waals surface area contributed by atoms with Crippen molar-refractivity contribution in [1.29, 1.82) is 0 Å². The normalized spacial score (nSPS) is 15.7. The highest BCUT2D eigenvalue weighted by Gasteiger charge is 2.32. The molecule has 0 bridgehead atoms. The fraction of sp³-hybridized carbons (Fsp3) is 0.652. The zero-order chi connectivity index (χ0) is 20.7. The Kier molecular flexibility index (Phi) is 8.05. The summed E-state index contributed by atoms with van der Waals surface area (Å²) in [6, 6.07) is 8.50. The van der Waals surface area contributed by atoms with Gasteiger partial charge in [-0.3, -0.25) is 14.5 Å². The van der Waals surface area contributed by atoms with Crippen molar-refractivity contribution in [3.05, 3.63) is 35.4 Å². The summed E-state index contributed by atoms with van der Waals surface area (Å²) in [7, 11) is 0. The predicted octanol–water partition coefficient (Wildman–Crippen LogP) is 3.43. The number of benzene rings is 1. The highest BCUT2D eigenvalue weighted by molar-refractivity contribution is 5.82. The summed E-state index contributed by atoms with van der Waals surface area (Å²) in [5.41, 5.74) is 2.07. The van der Waals surface area contributed by atoms with E-state index in [1.165, 1.54) is 5.56 Å². The van der Waals surface area contributed by atoms with Gasteiger partial charge in [-0.2, -0.15) is 0 Å². The molecule has 0 spiro atoms. The van der Waals surface area contributed by atoms with E-state index in [2.05, 4.69) is 48.3 Å². The molecule has 1 saturated heterocycles. The number of amides is 2. The molecule has 1 aromatic carbocycles. The minimum absolute atomic E-state index is 0.00552. The number of likely N-dealkylation sites (tertiary alicyclic amines) is 1. The highest BCUT2D eigenvalue weighted by Crippen LogP contribution is 2.23. The molecule has 0 atom stereocenters. The summed E-state index contributed by atoms with van der Waals surface area (Å²) >= 11 is 0. The molecule has 1 aliphatic rings. The molecule has 1 heterocycles. The second kappa shape index (κ2) is 10.1. The second-order valence-corrected chi connectivity index (χ2v) is 8.81. The van der Waals surface area contributed by atoms with Crippen molar-refractivity contribution in [3.8, 4) is 0 Å². The predicted molar refractivity (Wildman–Crippen MR) is 114 cm³/mol. The largest absolute Gasteiger partial charge is 0.352 e. The van der Waals surface area contributed by atoms with E-state index >= 15 is 0 Å². The van der Waals surface area contributed by atoms with Crippen molar-refractivity contribution in [2.24, 2.45) is 11.3 Å². The number of nitrogens with zero attached hydrogens (tertiary/aromatic N) is 2. The molecular weight excluding hydrogens is 350 g/mol. The van der Waals surface area contributed by atoms with E-state index < -0.39 is 0 Å². The average Bonchev–Trinajstić information content (AvgIpc) is 2.70. The Hall–Kier alpha value is -1.88. The first-order chi connectivity index (χ1) is 13.2. The Morgan fingerprint density at radius 2 is 1.57 bits per heavy atom. The lowest BCUT2D eigenvalue weighted by Crippen LogP contribution is -2.46. The third-order valence-electron chi connectivity index (χ3n) is 5.58. The standard InChI is InChI=1S/C23H37N3O2/c1-6-25(7-2)17-19-10-8-18(9-11-19)16-24-21(27)20-12-14-26(15-13-20)22(28)23(3,4)5/h8-11,20H,6-7,12-17H2,1-5H3,(H,24,27). The lowest BCUT2D eigenvalue weighted by atomic mass is 9.90. The van der Waals surface area contributed by atoms with Crippen LogP contribution >= 0.6 is 0 Å². The SMILES string of the molecule is CCN(CC)Cc1ccc(CNC(=O)C2CCN(C(=O)C(C)(C)C)CC2)cc1. The number of piperidine rings is 1. The van der Waals surface area contributed by atoms with E-state index in [9.17, 15) is 9.59 Å². The molecule has 2 amide bonds. The van der Waals surface area contributed by atoms with Crippen LogP contribution in [0.3, 0.4) is 0 Å². The maximum Gasteiger partial charge on any atom is 0.227 e. The van der Waals surface area contributed by atoms with Gasteiger partial charge in [-0.15, -0.1) is 0 Å². The number of rotatable bonds is 7. The maximum atomic E-state index is 12.5. The molecule has 5 nitrogen and oxygen atoms in total. The zero-order valence-electron chi connectivity index (χ0n) is 18.3. The van der Waals surface area contributed by atoms with Crippen LogP contribution in [0.25, 0.3) is 0 Å². The van der Waals surface area contributed by atoms with Gasteiger partial charge >= 0.3 is 0 Å². The Balaban J connectivity index is 1.78. The van der Waals surface area contributed by atoms with Crippen LogP contribution in [0.15, 0.2) is 24.3 Å². The molecule has 0 saturated carbocycles. The Bertz CT molecular complexity index is 637. The molecule has 0 radical (unpaired) electrons. The van der Waals surface area contributed by atoms with Gasteiger partial charge in [-0.05, 0) is 37.1 Å². The molecule has 5 heteroatoms. The van der Waals surface area contributed by atoms with Crippen LogP contribution in [0.5, 0.6) is 0 Å². The summed E-state index contributed by atoms with van der Waals surface area (Å²) in [6.07, 6.45) is 1.49. The molecule has 1 N–H and O–H groups in total. The van der Waals surface area contributed by atoms with Gasteiger partial charge in [0, 0.05) is 37.5 Å². The Labute approximate surface area is 170 Å². The van der Waals surface area contributed by atoms with Crippen LogP contribution in [0.2, 0.25) is 0 Å². The number of carbonyl (C=O) groups is 2. The third-order valence-corrected chi connectivity index (χ3v) is 5.58. The van der Waals surface area contributed by atoms with Crippen molar-refractivity contribution in [3.63, 3.8) is 0 Å². The minimum atomic E-state index is -0.355. The summed E-state index contributed by atoms with van der Waals surface area (Å²) in [4.78, 5) is 29.2. The van der Waals surface area contributed by atoms with E-state index in [0.29, 0.717) is 19.6 Å². The highest BCUT2D eigenvalue weighted by atomic mass is 16.2. The number of hydrogen-bond donors (Lipinski definition) is 1. The number of nitrogens with one attached hydrogen (secondary N) is 1. The third kappa shape index (κ3) is 6.33. The van der Waals surface area contributed by atoms with Crippen LogP contribution < -0.4 is 5.32 Å². The summed E-state index contributed by atoms with van der Waals surface area (Å²) in [5.74, 6) is 0.289. The summed E-state index contributed by atoms with van der Waals surface area (Å²) < 4.78 is 0. The molecule has 1 aromatic rings. The molecule has 2 rings (SSSR count). The van der Waals surface area contributed by atoms with Crippen molar-refractivity contribution < 1.29 is 9.59 Å². The second-order valence-electron chi connectivity index (χ2n) is 8.81. The molecule has 156 valence electrons. The fourth-order valence-corrected chi connectivity index (χ4v) is 3.62. The van der Waals surface area contributed by atoms with Gasteiger partial charge < -0.3 is 10.2 Å². The first kappa shape index (κ1) is 22.4. The summed E-state index contributed by atoms with van der Waals surface area (Å²) in [6.45, 7) is 15.2. The van der Waals surface area contributed by atoms with Crippen molar-refractivity contribution >= 4 is 11.8 Å². The van der Waals surface area contributed by atoms with E-state index in [1.54, 1.807) is 0 Å². The topological polar surface area (TPSA) is 52.7 Å². The van der Waals surface area contributed by atoms with Crippen molar-refractivity contribution in [2.45, 2.75) is 60.5 Å². The average molecular weight is 388 g/mol. The lowest BCUT2D eigenvalue weighted by molar-refractivity contribution is -0.142. The van der Waals surface area contributed by atoms with Gasteiger partial charge in [0.25, 0.3) is 0 Å². The molecule has 1 fully saturated rings. The molecule has 1 aliphatic heterocycles. The number of carbonyl (C=O) groups excluding carboxylic acids is 2. The fourth-order valence-electron chi connectivity index (χ4n) is 3.62. The van der Waals surface area contributed by atoms with Crippen LogP contribution in [-0.2, 0) is 22.7 Å². The quantitative estimate of drug-likeness (QED) is 0.780. The molecule has 0 unspecified atom stereocenters. The van der Waals surface area contributed by atoms with Gasteiger partial charge in [0.05, 0.1) is 0 Å². The van der Waals surface area contributed by atoms with E-state index in [1.807, 2.05) is 25.7 Å². The van der Waals surface area contributed by atoms with E-state index in [4.69, 9.17) is 0 Å². The van der Waals surface area contributed by atoms with Gasteiger partial charge in [0.15, 0.2) is 0 Å². The van der Waals surface area contributed by atoms with E-state index in [-0.39, 0.29) is 23.1 Å². The van der Waals surface area contributed by atoms with Gasteiger partial charge in [-0.1, -0.05) is 58.9 Å². The molecule has 0 aromatic heterocycles. The van der Waals surface area contributed by atoms with Gasteiger partial charge in [-0.25, -0.2) is 0 Å². The Morgan fingerprint density at radius 1 is 1.04 bits per heavy atom. The van der Waals surface area contributed by atoms with E-state index in [0.717, 1.165) is 38.0 Å². The maximum absolute atomic E-state index is 12.5. The van der Waals surface area contributed by atoms with Crippen molar-refractivity contribution in [2.75, 3.05) is 26.2 Å².